The number of rotatable bonds is 21. The van der Waals surface area contributed by atoms with Gasteiger partial charge in [0.2, 0.25) is 23.6 Å². The summed E-state index contributed by atoms with van der Waals surface area (Å²) in [6.45, 7) is 5.38. The number of hydrogen-bond donors (Lipinski definition) is 6. The minimum atomic E-state index is -1.14. The minimum absolute atomic E-state index is 0.0474. The molecule has 12 nitrogen and oxygen atoms in total. The van der Waals surface area contributed by atoms with Crippen LogP contribution in [0.25, 0.3) is 0 Å². The number of carbonyl (C=O) groups is 5. The van der Waals surface area contributed by atoms with Crippen LogP contribution in [0.1, 0.15) is 73.8 Å². The van der Waals surface area contributed by atoms with E-state index in [1.54, 1.807) is 0 Å². The Labute approximate surface area is 304 Å². The molecule has 3 atom stereocenters. The van der Waals surface area contributed by atoms with Crippen LogP contribution in [-0.2, 0) is 41.6 Å². The highest BCUT2D eigenvalue weighted by Crippen LogP contribution is 2.22. The summed E-state index contributed by atoms with van der Waals surface area (Å²) in [5, 5.41) is 20.9. The van der Waals surface area contributed by atoms with Crippen LogP contribution in [-0.4, -0.2) is 85.0 Å². The van der Waals surface area contributed by atoms with Gasteiger partial charge in [-0.05, 0) is 118 Å². The van der Waals surface area contributed by atoms with E-state index in [1.807, 2.05) is 39.2 Å². The molecule has 13 heteroatoms. The molecule has 276 valence electrons. The number of ether oxygens (including phenoxy) is 1. The number of esters is 1. The van der Waals surface area contributed by atoms with Gasteiger partial charge in [0.05, 0.1) is 19.7 Å². The van der Waals surface area contributed by atoms with Gasteiger partial charge in [0.25, 0.3) is 0 Å². The van der Waals surface area contributed by atoms with E-state index in [-0.39, 0.29) is 50.7 Å². The molecule has 0 aliphatic heterocycles. The van der Waals surface area contributed by atoms with Crippen LogP contribution in [0.15, 0.2) is 24.3 Å². The lowest BCUT2D eigenvalue weighted by atomic mass is 9.94. The van der Waals surface area contributed by atoms with E-state index in [0.717, 1.165) is 22.3 Å². The Kier molecular flexibility index (Phi) is 15.8. The average molecular weight is 717 g/mol. The molecule has 0 spiro atoms. The Morgan fingerprint density at radius 1 is 0.860 bits per heavy atom. The van der Waals surface area contributed by atoms with Gasteiger partial charge in [-0.15, -0.1) is 0 Å². The zero-order valence-electron chi connectivity index (χ0n) is 32.8. The summed E-state index contributed by atoms with van der Waals surface area (Å²) in [6, 6.07) is 3.70. The highest BCUT2D eigenvalue weighted by molar-refractivity contribution is 7.98. The summed E-state index contributed by atoms with van der Waals surface area (Å²) in [5.41, 5.74) is 7.53. The number of hydrogen-bond acceptors (Lipinski definition) is 9. The van der Waals surface area contributed by atoms with Crippen LogP contribution < -0.4 is 27.0 Å². The van der Waals surface area contributed by atoms with Gasteiger partial charge in [0, 0.05) is 22.1 Å². The van der Waals surface area contributed by atoms with E-state index >= 15 is 0 Å². The number of aryl methyl sites for hydroxylation is 5. The highest BCUT2D eigenvalue weighted by atomic mass is 32.2. The van der Waals surface area contributed by atoms with Crippen LogP contribution >= 0.6 is 11.8 Å². The zero-order valence-corrected chi connectivity index (χ0v) is 30.6. The number of phenolic OH excluding ortho intramolecular Hbond substituents is 1. The lowest BCUT2D eigenvalue weighted by Gasteiger charge is -2.23. The second kappa shape index (κ2) is 21.2. The number of amides is 4. The fourth-order valence-corrected chi connectivity index (χ4v) is 6.08. The Morgan fingerprint density at radius 3 is 2.10 bits per heavy atom. The average Bonchev–Trinajstić information content (AvgIpc) is 3.13. The monoisotopic (exact) mass is 716 g/mol. The van der Waals surface area contributed by atoms with Crippen molar-refractivity contribution in [3.8, 4) is 5.75 Å². The number of thioether (sulfide) groups is 1. The van der Waals surface area contributed by atoms with Gasteiger partial charge in [-0.2, -0.15) is 11.8 Å². The molecule has 0 fully saturated rings. The van der Waals surface area contributed by atoms with Gasteiger partial charge in [-0.1, -0.05) is 24.1 Å². The summed E-state index contributed by atoms with van der Waals surface area (Å²) < 4.78 is 28.2. The molecule has 7 N–H and O–H groups in total. The predicted octanol–water partition coefficient (Wildman–Crippen LogP) is 2.74. The van der Waals surface area contributed by atoms with Crippen molar-refractivity contribution in [2.45, 2.75) is 97.6 Å². The maximum absolute atomic E-state index is 13.4. The number of methoxy groups -OCH3 is 1. The standard InChI is InChI=1S/C37H55N5O7S/c1-22-15-23(2)29(24(3)16-22)20-32(37(48)39-13-10-8-9-11-34(45)49-6)41-33(44)21-40-36(47)31(12-14-50-7)42-35(46)30(38)19-28-25(4)17-27(43)18-26(28)5/h15-18,30-32,43H,8-14,19-21,38H2,1-7H3,(H,39,48)(H,40,47)(H,41,44)(H,42,46)/t30-,31-,32-/m0/s1/i4D,5D/hD. The van der Waals surface area contributed by atoms with Gasteiger partial charge >= 0.3 is 5.97 Å². The number of aromatic hydroxyl groups is 1. The Bertz CT molecular complexity index is 1520. The summed E-state index contributed by atoms with van der Waals surface area (Å²) in [5.74, 6) is -2.13. The van der Waals surface area contributed by atoms with Crippen molar-refractivity contribution in [2.24, 2.45) is 5.73 Å². The molecule has 0 unspecified atom stereocenters. The second-order valence-corrected chi connectivity index (χ2v) is 13.4. The number of phenols is 1. The second-order valence-electron chi connectivity index (χ2n) is 12.4. The molecular weight excluding hydrogens is 659 g/mol. The van der Waals surface area contributed by atoms with Crippen molar-refractivity contribution in [3.05, 3.63) is 63.2 Å². The lowest BCUT2D eigenvalue weighted by molar-refractivity contribution is -0.140. The molecule has 0 heterocycles. The normalized spacial score (nSPS) is 13.5. The smallest absolute Gasteiger partial charge is 0.305 e. The quantitative estimate of drug-likeness (QED) is 0.0834. The van der Waals surface area contributed by atoms with Gasteiger partial charge in [-0.3, -0.25) is 24.0 Å². The first-order valence-electron chi connectivity index (χ1n) is 18.6. The third kappa shape index (κ3) is 14.0. The molecular formula is C37H55N5O7S. The highest BCUT2D eigenvalue weighted by Gasteiger charge is 2.27. The number of nitrogens with one attached hydrogen (secondary N) is 4. The van der Waals surface area contributed by atoms with Gasteiger partial charge in [0.1, 0.15) is 19.2 Å². The Balaban J connectivity index is 2.12. The van der Waals surface area contributed by atoms with E-state index in [1.165, 1.54) is 31.0 Å². The third-order valence-corrected chi connectivity index (χ3v) is 8.94. The van der Waals surface area contributed by atoms with E-state index < -0.39 is 42.4 Å². The van der Waals surface area contributed by atoms with E-state index in [0.29, 0.717) is 54.7 Å². The SMILES string of the molecule is [2H]Cc1cc(O)cc(C[2H])c1C[C@H](N[2H])C(=O)N[C@@H](CCSC)C(=O)NCC(=O)N[C@@H](Cc1c(C)cc(C)cc1C)C(=O)NCCCCCC(=O)OC. The zero-order chi connectivity index (χ0) is 39.5. The number of carbonyl (C=O) groups excluding carboxylic acids is 5. The van der Waals surface area contributed by atoms with Crippen LogP contribution in [0.5, 0.6) is 5.75 Å². The predicted molar refractivity (Wildman–Crippen MR) is 197 cm³/mol. The van der Waals surface area contributed by atoms with E-state index in [2.05, 4.69) is 31.7 Å². The Hall–Kier alpha value is -4.10. The molecule has 2 aromatic rings. The molecule has 2 rings (SSSR count). The molecule has 0 aromatic heterocycles. The van der Waals surface area contributed by atoms with Gasteiger partial charge in [0.15, 0.2) is 0 Å². The summed E-state index contributed by atoms with van der Waals surface area (Å²) >= 11 is 1.46. The van der Waals surface area contributed by atoms with Crippen molar-refractivity contribution >= 4 is 41.4 Å². The summed E-state index contributed by atoms with van der Waals surface area (Å²) in [6.07, 6.45) is 4.52. The van der Waals surface area contributed by atoms with Crippen molar-refractivity contribution in [1.82, 2.24) is 21.3 Å². The fourth-order valence-electron chi connectivity index (χ4n) is 5.60. The number of unbranched alkanes of at least 4 members (excludes halogenated alkanes) is 2. The molecule has 2 aromatic carbocycles. The first-order chi connectivity index (χ1) is 25.3. The number of nitrogens with two attached hydrogens (primary N) is 1. The van der Waals surface area contributed by atoms with Crippen LogP contribution in [0.3, 0.4) is 0 Å². The maximum atomic E-state index is 13.4. The van der Waals surface area contributed by atoms with Crippen LogP contribution in [0, 0.1) is 34.6 Å². The van der Waals surface area contributed by atoms with E-state index in [9.17, 15) is 29.1 Å². The van der Waals surface area contributed by atoms with Crippen molar-refractivity contribution in [1.29, 1.82) is 0 Å². The largest absolute Gasteiger partial charge is 0.508 e. The molecule has 0 aliphatic carbocycles. The Morgan fingerprint density at radius 2 is 1.50 bits per heavy atom. The van der Waals surface area contributed by atoms with Crippen molar-refractivity contribution in [3.63, 3.8) is 0 Å². The van der Waals surface area contributed by atoms with Gasteiger partial charge < -0.3 is 36.8 Å². The molecule has 0 saturated heterocycles. The maximum Gasteiger partial charge on any atom is 0.305 e. The topological polar surface area (TPSA) is 189 Å². The van der Waals surface area contributed by atoms with Gasteiger partial charge in [-0.25, -0.2) is 0 Å². The third-order valence-electron chi connectivity index (χ3n) is 8.30. The summed E-state index contributed by atoms with van der Waals surface area (Å²) in [7, 11) is 1.34. The van der Waals surface area contributed by atoms with Crippen LogP contribution in [0.2, 0.25) is 1.41 Å². The van der Waals surface area contributed by atoms with Crippen LogP contribution in [0.4, 0.5) is 0 Å². The molecule has 0 bridgehead atoms. The minimum Gasteiger partial charge on any atom is -0.508 e. The lowest BCUT2D eigenvalue weighted by Crippen LogP contribution is -2.54. The van der Waals surface area contributed by atoms with Crippen molar-refractivity contribution < 1.29 is 38.0 Å². The summed E-state index contributed by atoms with van der Waals surface area (Å²) in [4.78, 5) is 64.7. The molecule has 0 radical (unpaired) electrons. The van der Waals surface area contributed by atoms with Crippen molar-refractivity contribution in [2.75, 3.05) is 32.2 Å². The molecule has 4 amide bonds. The van der Waals surface area contributed by atoms with E-state index in [4.69, 9.17) is 4.15 Å². The first kappa shape index (κ1) is 37.2. The molecule has 50 heavy (non-hydrogen) atoms. The molecule has 0 aliphatic rings. The fraction of sp³-hybridized carbons (Fsp3) is 0.541. The molecule has 0 saturated carbocycles. The number of benzene rings is 2. The first-order valence-corrected chi connectivity index (χ1v) is 18.0.